The van der Waals surface area contributed by atoms with Crippen LogP contribution in [0.1, 0.15) is 41.5 Å². The fraction of sp³-hybridized carbons (Fsp3) is 0.304. The number of aliphatic hydroxyl groups excluding tert-OH is 1. The lowest BCUT2D eigenvalue weighted by atomic mass is 9.73. The lowest BCUT2D eigenvalue weighted by Gasteiger charge is -2.45. The number of nitrogens with one attached hydrogen (secondary N) is 1. The molecule has 1 aromatic rings. The molecule has 10 heteroatoms. The molecule has 170 valence electrons. The predicted molar refractivity (Wildman–Crippen MR) is 110 cm³/mol. The quantitative estimate of drug-likeness (QED) is 0.368. The van der Waals surface area contributed by atoms with Gasteiger partial charge in [0.05, 0.1) is 16.7 Å². The highest BCUT2D eigenvalue weighted by molar-refractivity contribution is 6.33. The average molecular weight is 453 g/mol. The lowest BCUT2D eigenvalue weighted by molar-refractivity contribution is -0.200. The van der Waals surface area contributed by atoms with Crippen molar-refractivity contribution in [3.05, 3.63) is 57.2 Å². The van der Waals surface area contributed by atoms with Crippen molar-refractivity contribution in [2.75, 3.05) is 0 Å². The number of carbonyl (C=O) groups is 4. The third-order valence-electron chi connectivity index (χ3n) is 5.95. The van der Waals surface area contributed by atoms with Crippen LogP contribution < -0.4 is 0 Å². The van der Waals surface area contributed by atoms with Crippen LogP contribution in [0.5, 0.6) is 5.75 Å². The van der Waals surface area contributed by atoms with Crippen LogP contribution in [0.2, 0.25) is 0 Å². The molecule has 10 nitrogen and oxygen atoms in total. The van der Waals surface area contributed by atoms with Crippen molar-refractivity contribution >= 4 is 29.4 Å². The van der Waals surface area contributed by atoms with Gasteiger partial charge < -0.3 is 24.8 Å². The molecule has 0 amide bonds. The molecule has 0 saturated carbocycles. The van der Waals surface area contributed by atoms with Crippen LogP contribution in [0.15, 0.2) is 46.1 Å². The van der Waals surface area contributed by atoms with E-state index in [-0.39, 0.29) is 39.0 Å². The molecule has 0 aliphatic heterocycles. The average Bonchev–Trinajstić information content (AvgIpc) is 3.07. The summed E-state index contributed by atoms with van der Waals surface area (Å²) in [6.45, 7) is 3.26. The van der Waals surface area contributed by atoms with Crippen molar-refractivity contribution in [3.8, 4) is 5.75 Å². The zero-order valence-corrected chi connectivity index (χ0v) is 17.8. The molecule has 4 N–H and O–H groups in total. The van der Waals surface area contributed by atoms with Gasteiger partial charge >= 0.3 is 11.9 Å². The van der Waals surface area contributed by atoms with Gasteiger partial charge in [0.1, 0.15) is 17.5 Å². The Kier molecular flexibility index (Phi) is 4.97. The largest absolute Gasteiger partial charge is 0.507 e. The van der Waals surface area contributed by atoms with E-state index in [4.69, 9.17) is 14.9 Å². The van der Waals surface area contributed by atoms with Gasteiger partial charge in [-0.05, 0) is 18.9 Å². The standard InChI is InChI=1S/C23H19NO9/c1-8(25)32-21-15-11(7-24)14-16(17(15)20(30)22(23(21,3)31)33-9(2)26)18(28)10-5-4-6-12(27)13(10)19(14)29/h4-6,20-22,24,27,30-31H,1-3H3/t20-,21+,22+,23+/m0/s1. The fourth-order valence-electron chi connectivity index (χ4n) is 4.68. The Morgan fingerprint density at radius 3 is 2.27 bits per heavy atom. The Bertz CT molecular complexity index is 1280. The van der Waals surface area contributed by atoms with Gasteiger partial charge in [-0.2, -0.15) is 0 Å². The van der Waals surface area contributed by atoms with Gasteiger partial charge in [0.25, 0.3) is 0 Å². The normalized spacial score (nSPS) is 28.2. The Labute approximate surface area is 186 Å². The van der Waals surface area contributed by atoms with Crippen LogP contribution >= 0.6 is 0 Å². The first-order valence-electron chi connectivity index (χ1n) is 9.88. The number of benzene rings is 1. The van der Waals surface area contributed by atoms with E-state index in [1.165, 1.54) is 18.2 Å². The summed E-state index contributed by atoms with van der Waals surface area (Å²) in [5, 5.41) is 40.4. The summed E-state index contributed by atoms with van der Waals surface area (Å²) in [5.74, 6) is -1.65. The molecular formula is C23H19NO9. The van der Waals surface area contributed by atoms with Crippen LogP contribution in [0, 0.1) is 5.41 Å². The smallest absolute Gasteiger partial charge is 0.303 e. The first-order chi connectivity index (χ1) is 15.4. The van der Waals surface area contributed by atoms with E-state index < -0.39 is 53.2 Å². The Hall–Kier alpha value is -3.85. The molecule has 0 saturated heterocycles. The molecule has 0 aromatic heterocycles. The Morgan fingerprint density at radius 2 is 1.70 bits per heavy atom. The van der Waals surface area contributed by atoms with E-state index in [2.05, 4.69) is 5.87 Å². The number of rotatable bonds is 2. The second-order valence-electron chi connectivity index (χ2n) is 8.13. The number of aliphatic hydroxyl groups is 2. The molecule has 3 aliphatic rings. The lowest BCUT2D eigenvalue weighted by Crippen LogP contribution is -2.61. The van der Waals surface area contributed by atoms with Crippen molar-refractivity contribution in [2.45, 2.75) is 44.7 Å². The number of aromatic hydroxyl groups is 1. The third-order valence-corrected chi connectivity index (χ3v) is 5.95. The summed E-state index contributed by atoms with van der Waals surface area (Å²) in [5.41, 5.74) is -3.89. The maximum atomic E-state index is 13.4. The second-order valence-corrected chi connectivity index (χ2v) is 8.13. The number of carbonyl (C=O) groups excluding carboxylic acids is 4. The number of esters is 2. The molecule has 0 spiro atoms. The molecule has 3 aliphatic carbocycles. The zero-order valence-electron chi connectivity index (χ0n) is 17.8. The van der Waals surface area contributed by atoms with Crippen molar-refractivity contribution in [1.29, 1.82) is 5.41 Å². The van der Waals surface area contributed by atoms with Gasteiger partial charge in [-0.15, -0.1) is 0 Å². The van der Waals surface area contributed by atoms with Gasteiger partial charge in [-0.1, -0.05) is 12.1 Å². The van der Waals surface area contributed by atoms with Crippen LogP contribution in [0.25, 0.3) is 0 Å². The first-order valence-corrected chi connectivity index (χ1v) is 9.88. The number of hydrogen-bond acceptors (Lipinski definition) is 10. The van der Waals surface area contributed by atoms with E-state index in [1.54, 1.807) is 0 Å². The molecular weight excluding hydrogens is 434 g/mol. The fourth-order valence-corrected chi connectivity index (χ4v) is 4.68. The van der Waals surface area contributed by atoms with E-state index in [0.29, 0.717) is 0 Å². The SMILES string of the molecule is CC(=O)O[C@@H]1C2=C(C3=C(C(=O)c4c(O)cccc4C3=O)C2=C=N)[C@H](O)[C@@H](OC(C)=O)[C@]1(C)O. The molecule has 0 fully saturated rings. The summed E-state index contributed by atoms with van der Waals surface area (Å²) in [4.78, 5) is 50.4. The molecule has 0 radical (unpaired) electrons. The maximum Gasteiger partial charge on any atom is 0.303 e. The number of hydrogen-bond donors (Lipinski definition) is 4. The topological polar surface area (TPSA) is 171 Å². The number of ether oxygens (including phenoxy) is 2. The molecule has 0 heterocycles. The van der Waals surface area contributed by atoms with Crippen LogP contribution in [0.4, 0.5) is 0 Å². The Morgan fingerprint density at radius 1 is 1.06 bits per heavy atom. The molecule has 1 aromatic carbocycles. The first kappa shape index (κ1) is 22.3. The van der Waals surface area contributed by atoms with Gasteiger partial charge in [0.15, 0.2) is 23.8 Å². The second kappa shape index (κ2) is 7.35. The number of phenols is 1. The van der Waals surface area contributed by atoms with Crippen molar-refractivity contribution in [3.63, 3.8) is 0 Å². The van der Waals surface area contributed by atoms with Crippen LogP contribution in [-0.2, 0) is 19.1 Å². The summed E-state index contributed by atoms with van der Waals surface area (Å²) < 4.78 is 10.4. The molecule has 33 heavy (non-hydrogen) atoms. The molecule has 4 rings (SSSR count). The van der Waals surface area contributed by atoms with E-state index in [9.17, 15) is 34.5 Å². The highest BCUT2D eigenvalue weighted by Gasteiger charge is 2.60. The highest BCUT2D eigenvalue weighted by Crippen LogP contribution is 2.52. The summed E-state index contributed by atoms with van der Waals surface area (Å²) in [7, 11) is 0. The number of allylic oxidation sites excluding steroid dienone is 1. The third kappa shape index (κ3) is 3.00. The van der Waals surface area contributed by atoms with Crippen molar-refractivity contribution < 1.29 is 44.0 Å². The monoisotopic (exact) mass is 453 g/mol. The number of phenolic OH excluding ortho intramolecular Hbond substituents is 1. The van der Waals surface area contributed by atoms with E-state index in [0.717, 1.165) is 20.8 Å². The van der Waals surface area contributed by atoms with Gasteiger partial charge in [-0.3, -0.25) is 24.6 Å². The van der Waals surface area contributed by atoms with E-state index >= 15 is 0 Å². The predicted octanol–water partition coefficient (Wildman–Crippen LogP) is 0.542. The van der Waals surface area contributed by atoms with Gasteiger partial charge in [0, 0.05) is 36.1 Å². The van der Waals surface area contributed by atoms with Crippen molar-refractivity contribution in [1.82, 2.24) is 0 Å². The van der Waals surface area contributed by atoms with Crippen LogP contribution in [0.3, 0.4) is 0 Å². The maximum absolute atomic E-state index is 13.4. The highest BCUT2D eigenvalue weighted by atomic mass is 16.6. The zero-order chi connectivity index (χ0) is 24.4. The van der Waals surface area contributed by atoms with Crippen LogP contribution in [-0.4, -0.2) is 68.6 Å². The molecule has 4 atom stereocenters. The Balaban J connectivity index is 2.03. The number of Topliss-reactive ketones (excluding diaryl/α,β-unsaturated/α-hetero) is 2. The van der Waals surface area contributed by atoms with Gasteiger partial charge in [0.2, 0.25) is 0 Å². The summed E-state index contributed by atoms with van der Waals surface area (Å²) in [6.07, 6.45) is -5.10. The minimum absolute atomic E-state index is 0.130. The molecule has 0 bridgehead atoms. The van der Waals surface area contributed by atoms with Crippen molar-refractivity contribution in [2.24, 2.45) is 0 Å². The minimum Gasteiger partial charge on any atom is -0.507 e. The number of fused-ring (bicyclic) bond motifs is 2. The van der Waals surface area contributed by atoms with Gasteiger partial charge in [-0.25, -0.2) is 0 Å². The summed E-state index contributed by atoms with van der Waals surface area (Å²) >= 11 is 0. The summed E-state index contributed by atoms with van der Waals surface area (Å²) in [6, 6.07) is 3.92. The number of ketones is 2. The minimum atomic E-state index is -2.20. The molecule has 0 unspecified atom stereocenters. The van der Waals surface area contributed by atoms with E-state index in [1.807, 2.05) is 0 Å².